The Morgan fingerprint density at radius 2 is 1.67 bits per heavy atom. The van der Waals surface area contributed by atoms with Crippen LogP contribution < -0.4 is 5.32 Å². The van der Waals surface area contributed by atoms with Gasteiger partial charge in [0.1, 0.15) is 13.2 Å². The van der Waals surface area contributed by atoms with E-state index in [2.05, 4.69) is 5.32 Å². The van der Waals surface area contributed by atoms with Gasteiger partial charge in [-0.15, -0.1) is 0 Å². The number of likely N-dealkylation sites (tertiary alicyclic amines) is 1. The fourth-order valence-corrected chi connectivity index (χ4v) is 5.41. The summed E-state index contributed by atoms with van der Waals surface area (Å²) in [5.41, 5.74) is 1.78. The minimum atomic E-state index is -1.23. The fourth-order valence-electron chi connectivity index (χ4n) is 5.41. The molecule has 2 aliphatic heterocycles. The Kier molecular flexibility index (Phi) is 11.7. The number of hydrogen-bond donors (Lipinski definition) is 2. The second kappa shape index (κ2) is 15.9. The zero-order valence-electron chi connectivity index (χ0n) is 23.9. The monoisotopic (exact) mass is 576 g/mol. The summed E-state index contributed by atoms with van der Waals surface area (Å²) in [5, 5.41) is 12.4. The molecule has 1 saturated heterocycles. The van der Waals surface area contributed by atoms with Crippen molar-refractivity contribution in [3.05, 3.63) is 83.9 Å². The smallest absolute Gasteiger partial charge is 0.332 e. The number of aliphatic hydroxyl groups excluding tert-OH is 1. The number of aliphatic hydroxyl groups is 1. The van der Waals surface area contributed by atoms with E-state index in [-0.39, 0.29) is 38.2 Å². The number of amides is 2. The molecular weight excluding hydrogens is 536 g/mol. The summed E-state index contributed by atoms with van der Waals surface area (Å²) in [6.45, 7) is 0.0455. The van der Waals surface area contributed by atoms with Crippen LogP contribution in [0.4, 0.5) is 0 Å². The summed E-state index contributed by atoms with van der Waals surface area (Å²) in [5.74, 6) is -3.05. The third-order valence-electron chi connectivity index (χ3n) is 7.84. The lowest BCUT2D eigenvalue weighted by atomic mass is 9.94. The first-order valence-corrected chi connectivity index (χ1v) is 14.7. The molecule has 0 unspecified atom stereocenters. The molecule has 2 heterocycles. The van der Waals surface area contributed by atoms with Crippen LogP contribution in [0.2, 0.25) is 0 Å². The van der Waals surface area contributed by atoms with Crippen molar-refractivity contribution < 1.29 is 33.8 Å². The normalized spacial score (nSPS) is 23.6. The van der Waals surface area contributed by atoms with Gasteiger partial charge in [-0.3, -0.25) is 14.4 Å². The molecular formula is C33H40N2O7. The second-order valence-electron chi connectivity index (χ2n) is 10.9. The zero-order valence-corrected chi connectivity index (χ0v) is 23.9. The van der Waals surface area contributed by atoms with Crippen LogP contribution in [0.1, 0.15) is 49.7 Å². The van der Waals surface area contributed by atoms with E-state index in [4.69, 9.17) is 9.47 Å². The van der Waals surface area contributed by atoms with E-state index in [1.807, 2.05) is 72.8 Å². The largest absolute Gasteiger partial charge is 0.463 e. The number of hydrogen-bond acceptors (Lipinski definition) is 7. The molecule has 0 radical (unpaired) electrons. The van der Waals surface area contributed by atoms with E-state index in [1.165, 1.54) is 0 Å². The third kappa shape index (κ3) is 9.01. The van der Waals surface area contributed by atoms with Gasteiger partial charge in [-0.1, -0.05) is 72.8 Å². The molecule has 4 atom stereocenters. The molecule has 9 nitrogen and oxygen atoms in total. The van der Waals surface area contributed by atoms with Gasteiger partial charge in [0.2, 0.25) is 11.8 Å². The Hall–Kier alpha value is -3.98. The van der Waals surface area contributed by atoms with Crippen LogP contribution >= 0.6 is 0 Å². The third-order valence-corrected chi connectivity index (χ3v) is 7.84. The first-order valence-electron chi connectivity index (χ1n) is 14.7. The summed E-state index contributed by atoms with van der Waals surface area (Å²) >= 11 is 0. The van der Waals surface area contributed by atoms with Crippen molar-refractivity contribution >= 4 is 23.8 Å². The predicted molar refractivity (Wildman–Crippen MR) is 156 cm³/mol. The van der Waals surface area contributed by atoms with Gasteiger partial charge >= 0.3 is 11.9 Å². The summed E-state index contributed by atoms with van der Waals surface area (Å²) in [7, 11) is 0. The second-order valence-corrected chi connectivity index (χ2v) is 10.9. The van der Waals surface area contributed by atoms with Crippen LogP contribution in [0.15, 0.2) is 72.8 Å². The van der Waals surface area contributed by atoms with Crippen molar-refractivity contribution in [2.75, 3.05) is 19.8 Å². The summed E-state index contributed by atoms with van der Waals surface area (Å²) in [4.78, 5) is 54.6. The predicted octanol–water partition coefficient (Wildman–Crippen LogP) is 3.35. The van der Waals surface area contributed by atoms with Gasteiger partial charge in [0.05, 0.1) is 24.5 Å². The molecule has 2 aliphatic rings. The van der Waals surface area contributed by atoms with Crippen LogP contribution in [0, 0.1) is 11.8 Å². The van der Waals surface area contributed by atoms with E-state index in [1.54, 1.807) is 4.90 Å². The van der Waals surface area contributed by atoms with E-state index in [0.29, 0.717) is 32.2 Å². The molecule has 0 bridgehead atoms. The van der Waals surface area contributed by atoms with Gasteiger partial charge in [-0.05, 0) is 49.7 Å². The van der Waals surface area contributed by atoms with Gasteiger partial charge in [-0.25, -0.2) is 4.79 Å². The number of allylic oxidation sites excluding steroid dienone is 2. The highest BCUT2D eigenvalue weighted by Gasteiger charge is 2.34. The molecule has 4 rings (SSSR count). The standard InChI is InChI=1S/C33H40N2O7/c36-21-28-17-10-18-35(28)30(37)20-26-15-8-3-9-16-27(19-24-11-4-1-5-12-24)32(39)42-23-29(34-31(26)38)33(40)41-22-25-13-6-2-7-14-25/h1-8,11-14,26-29,36H,9-10,15-23H2,(H,34,38)/t26-,27-,28+,29-/m1/s1. The van der Waals surface area contributed by atoms with Gasteiger partial charge < -0.3 is 24.8 Å². The van der Waals surface area contributed by atoms with Crippen molar-refractivity contribution in [2.24, 2.45) is 11.8 Å². The molecule has 1 fully saturated rings. The summed E-state index contributed by atoms with van der Waals surface area (Å²) < 4.78 is 11.1. The quantitative estimate of drug-likeness (QED) is 0.365. The number of cyclic esters (lactones) is 1. The Balaban J connectivity index is 1.51. The topological polar surface area (TPSA) is 122 Å². The average Bonchev–Trinajstić information content (AvgIpc) is 3.50. The number of rotatable bonds is 8. The van der Waals surface area contributed by atoms with Gasteiger partial charge in [0.25, 0.3) is 0 Å². The molecule has 0 saturated carbocycles. The minimum Gasteiger partial charge on any atom is -0.463 e. The first-order chi connectivity index (χ1) is 20.4. The van der Waals surface area contributed by atoms with Crippen molar-refractivity contribution in [3.63, 3.8) is 0 Å². The SMILES string of the molecule is O=C1N[C@@H](C(=O)OCc2ccccc2)COC(=O)[C@@H](Cc2ccccc2)CCC=CC[C@@H]1CC(=O)N1CCC[C@H]1CO. The molecule has 0 aromatic heterocycles. The molecule has 42 heavy (non-hydrogen) atoms. The fraction of sp³-hybridized carbons (Fsp3) is 0.455. The van der Waals surface area contributed by atoms with E-state index in [0.717, 1.165) is 24.0 Å². The molecule has 0 aliphatic carbocycles. The lowest BCUT2D eigenvalue weighted by Gasteiger charge is -2.26. The van der Waals surface area contributed by atoms with Gasteiger partial charge in [0.15, 0.2) is 6.04 Å². The number of benzene rings is 2. The van der Waals surface area contributed by atoms with Crippen LogP contribution in [0.3, 0.4) is 0 Å². The number of ether oxygens (including phenoxy) is 2. The number of carbonyl (C=O) groups excluding carboxylic acids is 4. The lowest BCUT2D eigenvalue weighted by molar-refractivity contribution is -0.157. The number of esters is 2. The molecule has 2 N–H and O–H groups in total. The van der Waals surface area contributed by atoms with E-state index < -0.39 is 35.7 Å². The van der Waals surface area contributed by atoms with Gasteiger partial charge in [0, 0.05) is 13.0 Å². The highest BCUT2D eigenvalue weighted by atomic mass is 16.6. The highest BCUT2D eigenvalue weighted by molar-refractivity contribution is 5.89. The molecule has 0 spiro atoms. The highest BCUT2D eigenvalue weighted by Crippen LogP contribution is 2.22. The molecule has 9 heteroatoms. The summed E-state index contributed by atoms with van der Waals surface area (Å²) in [6, 6.07) is 17.3. The Labute approximate surface area is 246 Å². The molecule has 224 valence electrons. The van der Waals surface area contributed by atoms with Crippen LogP contribution in [0.5, 0.6) is 0 Å². The number of carbonyl (C=O) groups is 4. The maximum atomic E-state index is 13.5. The van der Waals surface area contributed by atoms with Crippen LogP contribution in [-0.2, 0) is 41.7 Å². The zero-order chi connectivity index (χ0) is 29.7. The molecule has 2 aromatic rings. The van der Waals surface area contributed by atoms with Gasteiger partial charge in [-0.2, -0.15) is 0 Å². The summed E-state index contributed by atoms with van der Waals surface area (Å²) in [6.07, 6.45) is 7.15. The van der Waals surface area contributed by atoms with Crippen LogP contribution in [-0.4, -0.2) is 65.6 Å². The van der Waals surface area contributed by atoms with Crippen molar-refractivity contribution in [1.29, 1.82) is 0 Å². The minimum absolute atomic E-state index is 0.00121. The van der Waals surface area contributed by atoms with Crippen molar-refractivity contribution in [2.45, 2.75) is 63.6 Å². The maximum Gasteiger partial charge on any atom is 0.332 e. The average molecular weight is 577 g/mol. The first kappa shape index (κ1) is 31.0. The Morgan fingerprint density at radius 1 is 0.952 bits per heavy atom. The number of nitrogens with zero attached hydrogens (tertiary/aromatic N) is 1. The molecule has 2 aromatic carbocycles. The molecule has 2 amide bonds. The van der Waals surface area contributed by atoms with Crippen LogP contribution in [0.25, 0.3) is 0 Å². The number of nitrogens with one attached hydrogen (secondary N) is 1. The van der Waals surface area contributed by atoms with E-state index >= 15 is 0 Å². The maximum absolute atomic E-state index is 13.5. The van der Waals surface area contributed by atoms with Crippen molar-refractivity contribution in [3.8, 4) is 0 Å². The van der Waals surface area contributed by atoms with E-state index in [9.17, 15) is 24.3 Å². The Morgan fingerprint density at radius 3 is 2.38 bits per heavy atom. The lowest BCUT2D eigenvalue weighted by Crippen LogP contribution is -2.48. The van der Waals surface area contributed by atoms with Crippen molar-refractivity contribution in [1.82, 2.24) is 10.2 Å². The Bertz CT molecular complexity index is 1220.